The Balaban J connectivity index is 2.02. The van der Waals surface area contributed by atoms with Crippen molar-refractivity contribution in [3.8, 4) is 11.5 Å². The first kappa shape index (κ1) is 11.8. The molecule has 3 rings (SSSR count). The van der Waals surface area contributed by atoms with Crippen LogP contribution in [-0.4, -0.2) is 33.4 Å². The fourth-order valence-electron chi connectivity index (χ4n) is 2.94. The normalized spacial score (nSPS) is 26.1. The van der Waals surface area contributed by atoms with Crippen LogP contribution in [0.15, 0.2) is 12.1 Å². The maximum atomic E-state index is 5.92. The Bertz CT molecular complexity index is 447. The van der Waals surface area contributed by atoms with Gasteiger partial charge in [0.15, 0.2) is 11.5 Å². The molecule has 1 aromatic carbocycles. The first-order valence-electron chi connectivity index (χ1n) is 6.43. The van der Waals surface area contributed by atoms with Gasteiger partial charge in [-0.15, -0.1) is 0 Å². The zero-order chi connectivity index (χ0) is 12.5. The molecule has 2 atom stereocenters. The summed E-state index contributed by atoms with van der Waals surface area (Å²) in [6.45, 7) is 1.72. The monoisotopic (exact) mass is 249 g/mol. The number of rotatable bonds is 2. The standard InChI is InChI=1S/C14H19NO3/c1-16-12-7-9-3-4-11-14(18-6-5-15-11)10(9)8-13(12)17-2/h7-8,11,14-15H,3-6H2,1-2H3. The highest BCUT2D eigenvalue weighted by Gasteiger charge is 2.33. The Morgan fingerprint density at radius 1 is 1.22 bits per heavy atom. The molecule has 2 unspecified atom stereocenters. The van der Waals surface area contributed by atoms with Crippen LogP contribution in [0.3, 0.4) is 0 Å². The van der Waals surface area contributed by atoms with E-state index in [9.17, 15) is 0 Å². The van der Waals surface area contributed by atoms with Gasteiger partial charge in [-0.2, -0.15) is 0 Å². The fraction of sp³-hybridized carbons (Fsp3) is 0.571. The number of ether oxygens (including phenoxy) is 3. The van der Waals surface area contributed by atoms with E-state index in [0.29, 0.717) is 6.04 Å². The molecule has 0 amide bonds. The number of benzene rings is 1. The highest BCUT2D eigenvalue weighted by molar-refractivity contribution is 5.49. The Labute approximate surface area is 107 Å². The molecule has 1 heterocycles. The smallest absolute Gasteiger partial charge is 0.161 e. The van der Waals surface area contributed by atoms with Crippen LogP contribution in [0.2, 0.25) is 0 Å². The van der Waals surface area contributed by atoms with Gasteiger partial charge in [0.2, 0.25) is 0 Å². The van der Waals surface area contributed by atoms with Crippen LogP contribution in [0.25, 0.3) is 0 Å². The number of fused-ring (bicyclic) bond motifs is 3. The van der Waals surface area contributed by atoms with Crippen molar-refractivity contribution in [2.24, 2.45) is 0 Å². The lowest BCUT2D eigenvalue weighted by molar-refractivity contribution is -0.0128. The van der Waals surface area contributed by atoms with Gasteiger partial charge in [0.25, 0.3) is 0 Å². The molecule has 18 heavy (non-hydrogen) atoms. The minimum atomic E-state index is 0.155. The largest absolute Gasteiger partial charge is 0.493 e. The molecule has 1 saturated heterocycles. The summed E-state index contributed by atoms with van der Waals surface area (Å²) < 4.78 is 16.7. The summed E-state index contributed by atoms with van der Waals surface area (Å²) in [4.78, 5) is 0. The maximum absolute atomic E-state index is 5.92. The van der Waals surface area contributed by atoms with Crippen molar-refractivity contribution in [2.75, 3.05) is 27.4 Å². The molecule has 0 radical (unpaired) electrons. The van der Waals surface area contributed by atoms with E-state index in [2.05, 4.69) is 17.4 Å². The van der Waals surface area contributed by atoms with E-state index in [1.165, 1.54) is 11.1 Å². The van der Waals surface area contributed by atoms with Crippen LogP contribution in [0.5, 0.6) is 11.5 Å². The van der Waals surface area contributed by atoms with Crippen molar-refractivity contribution in [2.45, 2.75) is 25.0 Å². The third-order valence-corrected chi connectivity index (χ3v) is 3.85. The molecule has 1 aliphatic carbocycles. The molecule has 98 valence electrons. The quantitative estimate of drug-likeness (QED) is 0.865. The Kier molecular flexibility index (Phi) is 3.14. The average Bonchev–Trinajstić information content (AvgIpc) is 2.45. The molecule has 1 aromatic rings. The van der Waals surface area contributed by atoms with Crippen LogP contribution in [0, 0.1) is 0 Å². The van der Waals surface area contributed by atoms with Gasteiger partial charge in [-0.05, 0) is 36.1 Å². The summed E-state index contributed by atoms with van der Waals surface area (Å²) >= 11 is 0. The molecule has 1 N–H and O–H groups in total. The topological polar surface area (TPSA) is 39.7 Å². The van der Waals surface area contributed by atoms with Gasteiger partial charge < -0.3 is 19.5 Å². The second-order valence-corrected chi connectivity index (χ2v) is 4.80. The van der Waals surface area contributed by atoms with Crippen molar-refractivity contribution < 1.29 is 14.2 Å². The lowest BCUT2D eigenvalue weighted by atomic mass is 9.84. The summed E-state index contributed by atoms with van der Waals surface area (Å²) in [5, 5.41) is 3.53. The number of morpholine rings is 1. The van der Waals surface area contributed by atoms with Crippen LogP contribution in [0.4, 0.5) is 0 Å². The lowest BCUT2D eigenvalue weighted by Gasteiger charge is -2.38. The zero-order valence-electron chi connectivity index (χ0n) is 10.9. The lowest BCUT2D eigenvalue weighted by Crippen LogP contribution is -2.45. The summed E-state index contributed by atoms with van der Waals surface area (Å²) in [7, 11) is 3.35. The minimum Gasteiger partial charge on any atom is -0.493 e. The van der Waals surface area contributed by atoms with Gasteiger partial charge in [-0.1, -0.05) is 0 Å². The molecule has 4 heteroatoms. The average molecular weight is 249 g/mol. The van der Waals surface area contributed by atoms with Crippen molar-refractivity contribution >= 4 is 0 Å². The molecule has 0 saturated carbocycles. The van der Waals surface area contributed by atoms with Crippen LogP contribution in [-0.2, 0) is 11.2 Å². The van der Waals surface area contributed by atoms with E-state index in [-0.39, 0.29) is 6.10 Å². The fourth-order valence-corrected chi connectivity index (χ4v) is 2.94. The summed E-state index contributed by atoms with van der Waals surface area (Å²) in [5.41, 5.74) is 2.56. The van der Waals surface area contributed by atoms with Crippen molar-refractivity contribution in [1.82, 2.24) is 5.32 Å². The van der Waals surface area contributed by atoms with E-state index >= 15 is 0 Å². The van der Waals surface area contributed by atoms with Gasteiger partial charge in [-0.3, -0.25) is 0 Å². The molecular weight excluding hydrogens is 230 g/mol. The number of nitrogens with one attached hydrogen (secondary N) is 1. The predicted octanol–water partition coefficient (Wildman–Crippen LogP) is 1.68. The molecular formula is C14H19NO3. The van der Waals surface area contributed by atoms with Crippen molar-refractivity contribution in [1.29, 1.82) is 0 Å². The van der Waals surface area contributed by atoms with Crippen LogP contribution in [0.1, 0.15) is 23.7 Å². The third kappa shape index (κ3) is 1.85. The van der Waals surface area contributed by atoms with Crippen LogP contribution >= 0.6 is 0 Å². The van der Waals surface area contributed by atoms with E-state index in [4.69, 9.17) is 14.2 Å². The molecule has 2 aliphatic rings. The zero-order valence-corrected chi connectivity index (χ0v) is 10.9. The third-order valence-electron chi connectivity index (χ3n) is 3.85. The van der Waals surface area contributed by atoms with Gasteiger partial charge in [-0.25, -0.2) is 0 Å². The molecule has 0 bridgehead atoms. The number of methoxy groups -OCH3 is 2. The summed E-state index contributed by atoms with van der Waals surface area (Å²) in [6, 6.07) is 4.59. The van der Waals surface area contributed by atoms with E-state index in [0.717, 1.165) is 37.5 Å². The van der Waals surface area contributed by atoms with E-state index in [1.807, 2.05) is 0 Å². The molecule has 1 aliphatic heterocycles. The van der Waals surface area contributed by atoms with Crippen molar-refractivity contribution in [3.05, 3.63) is 23.3 Å². The second-order valence-electron chi connectivity index (χ2n) is 4.80. The highest BCUT2D eigenvalue weighted by Crippen LogP contribution is 2.40. The first-order valence-corrected chi connectivity index (χ1v) is 6.43. The Morgan fingerprint density at radius 3 is 2.78 bits per heavy atom. The number of hydrogen-bond donors (Lipinski definition) is 1. The summed E-state index contributed by atoms with van der Waals surface area (Å²) in [6.07, 6.45) is 2.34. The minimum absolute atomic E-state index is 0.155. The van der Waals surface area contributed by atoms with Gasteiger partial charge in [0.05, 0.1) is 26.9 Å². The highest BCUT2D eigenvalue weighted by atomic mass is 16.5. The second kappa shape index (κ2) is 4.78. The van der Waals surface area contributed by atoms with E-state index < -0.39 is 0 Å². The Morgan fingerprint density at radius 2 is 2.00 bits per heavy atom. The first-order chi connectivity index (χ1) is 8.83. The summed E-state index contributed by atoms with van der Waals surface area (Å²) in [5.74, 6) is 1.59. The molecule has 0 aromatic heterocycles. The van der Waals surface area contributed by atoms with Gasteiger partial charge in [0.1, 0.15) is 0 Å². The SMILES string of the molecule is COc1cc2c(cc1OC)C1OCCNC1CC2. The maximum Gasteiger partial charge on any atom is 0.161 e. The van der Waals surface area contributed by atoms with E-state index in [1.54, 1.807) is 14.2 Å². The molecule has 1 fully saturated rings. The molecule has 4 nitrogen and oxygen atoms in total. The number of hydrogen-bond acceptors (Lipinski definition) is 4. The van der Waals surface area contributed by atoms with Crippen LogP contribution < -0.4 is 14.8 Å². The van der Waals surface area contributed by atoms with Gasteiger partial charge in [0, 0.05) is 12.6 Å². The van der Waals surface area contributed by atoms with Gasteiger partial charge >= 0.3 is 0 Å². The molecule has 0 spiro atoms. The van der Waals surface area contributed by atoms with Crippen molar-refractivity contribution in [3.63, 3.8) is 0 Å². The predicted molar refractivity (Wildman–Crippen MR) is 68.4 cm³/mol. The Hall–Kier alpha value is -1.26. The number of aryl methyl sites for hydroxylation is 1.